The molecule has 2 N–H and O–H groups in total. The SMILES string of the molecule is Nc1ccc(CN2CC3CC(C3)C2=O)cc1. The number of nitrogen functional groups attached to an aromatic ring is 1. The molecule has 3 nitrogen and oxygen atoms in total. The summed E-state index contributed by atoms with van der Waals surface area (Å²) in [4.78, 5) is 13.9. The van der Waals surface area contributed by atoms with Crippen LogP contribution in [0.2, 0.25) is 0 Å². The number of fused-ring (bicyclic) bond motifs is 2. The summed E-state index contributed by atoms with van der Waals surface area (Å²) in [6, 6.07) is 7.79. The summed E-state index contributed by atoms with van der Waals surface area (Å²) in [7, 11) is 0. The number of nitrogens with zero attached hydrogens (tertiary/aromatic N) is 1. The highest BCUT2D eigenvalue weighted by molar-refractivity contribution is 5.81. The summed E-state index contributed by atoms with van der Waals surface area (Å²) in [6.07, 6.45) is 2.24. The van der Waals surface area contributed by atoms with Crippen molar-refractivity contribution in [2.75, 3.05) is 12.3 Å². The minimum atomic E-state index is 0.326. The molecule has 2 heterocycles. The number of amides is 1. The maximum atomic E-state index is 11.9. The van der Waals surface area contributed by atoms with Gasteiger partial charge in [0.2, 0.25) is 5.91 Å². The lowest BCUT2D eigenvalue weighted by atomic mass is 9.70. The zero-order valence-electron chi connectivity index (χ0n) is 9.23. The van der Waals surface area contributed by atoms with Crippen LogP contribution >= 0.6 is 0 Å². The van der Waals surface area contributed by atoms with E-state index in [9.17, 15) is 4.79 Å². The van der Waals surface area contributed by atoms with Crippen LogP contribution in [-0.4, -0.2) is 17.4 Å². The van der Waals surface area contributed by atoms with Crippen LogP contribution < -0.4 is 5.73 Å². The average Bonchev–Trinajstić information content (AvgIpc) is 2.22. The van der Waals surface area contributed by atoms with Crippen LogP contribution in [0.25, 0.3) is 0 Å². The number of hydrogen-bond donors (Lipinski definition) is 1. The van der Waals surface area contributed by atoms with Gasteiger partial charge in [-0.05, 0) is 36.5 Å². The van der Waals surface area contributed by atoms with Crippen LogP contribution in [0.1, 0.15) is 18.4 Å². The fraction of sp³-hybridized carbons (Fsp3) is 0.462. The maximum Gasteiger partial charge on any atom is 0.226 e. The van der Waals surface area contributed by atoms with Crippen molar-refractivity contribution in [2.45, 2.75) is 19.4 Å². The van der Waals surface area contributed by atoms with Gasteiger partial charge in [-0.3, -0.25) is 4.79 Å². The van der Waals surface area contributed by atoms with Crippen LogP contribution in [0.4, 0.5) is 5.69 Å². The van der Waals surface area contributed by atoms with Gasteiger partial charge in [0.05, 0.1) is 0 Å². The van der Waals surface area contributed by atoms with Gasteiger partial charge in [-0.1, -0.05) is 12.1 Å². The first-order valence-electron chi connectivity index (χ1n) is 5.85. The maximum absolute atomic E-state index is 11.9. The number of carbonyl (C=O) groups is 1. The molecule has 1 aromatic carbocycles. The molecular weight excluding hydrogens is 200 g/mol. The second-order valence-corrected chi connectivity index (χ2v) is 4.99. The van der Waals surface area contributed by atoms with Crippen molar-refractivity contribution >= 4 is 11.6 Å². The first-order valence-corrected chi connectivity index (χ1v) is 5.85. The number of carbonyl (C=O) groups excluding carboxylic acids is 1. The Morgan fingerprint density at radius 3 is 2.56 bits per heavy atom. The van der Waals surface area contributed by atoms with E-state index in [4.69, 9.17) is 5.73 Å². The van der Waals surface area contributed by atoms with Crippen molar-refractivity contribution in [3.63, 3.8) is 0 Å². The third-order valence-corrected chi connectivity index (χ3v) is 3.73. The monoisotopic (exact) mass is 216 g/mol. The number of rotatable bonds is 2. The predicted molar refractivity (Wildman–Crippen MR) is 62.5 cm³/mol. The molecule has 0 unspecified atom stereocenters. The number of nitrogens with two attached hydrogens (primary N) is 1. The average molecular weight is 216 g/mol. The third-order valence-electron chi connectivity index (χ3n) is 3.73. The normalized spacial score (nSPS) is 27.8. The van der Waals surface area contributed by atoms with Crippen LogP contribution in [0, 0.1) is 11.8 Å². The molecule has 3 fully saturated rings. The molecule has 2 saturated heterocycles. The van der Waals surface area contributed by atoms with Crippen LogP contribution in [-0.2, 0) is 11.3 Å². The van der Waals surface area contributed by atoms with Crippen LogP contribution in [0.5, 0.6) is 0 Å². The quantitative estimate of drug-likeness (QED) is 0.764. The molecule has 1 aromatic rings. The Labute approximate surface area is 95.2 Å². The van der Waals surface area contributed by atoms with Crippen molar-refractivity contribution in [1.29, 1.82) is 0 Å². The summed E-state index contributed by atoms with van der Waals surface area (Å²) in [6.45, 7) is 1.69. The van der Waals surface area contributed by atoms with Gasteiger partial charge in [-0.15, -0.1) is 0 Å². The minimum absolute atomic E-state index is 0.326. The Hall–Kier alpha value is -1.51. The van der Waals surface area contributed by atoms with Gasteiger partial charge in [0.25, 0.3) is 0 Å². The van der Waals surface area contributed by atoms with Crippen molar-refractivity contribution in [2.24, 2.45) is 11.8 Å². The van der Waals surface area contributed by atoms with E-state index in [1.807, 2.05) is 29.2 Å². The third kappa shape index (κ3) is 1.56. The zero-order chi connectivity index (χ0) is 11.1. The highest BCUT2D eigenvalue weighted by Crippen LogP contribution is 2.40. The Morgan fingerprint density at radius 1 is 1.25 bits per heavy atom. The molecule has 0 spiro atoms. The summed E-state index contributed by atoms with van der Waals surface area (Å²) in [5, 5.41) is 0. The standard InChI is InChI=1S/C13H16N2O/c14-12-3-1-9(2-4-12)7-15-8-10-5-11(6-10)13(15)16/h1-4,10-11H,5-8,14H2. The Morgan fingerprint density at radius 2 is 1.94 bits per heavy atom. The molecule has 4 rings (SSSR count). The summed E-state index contributed by atoms with van der Waals surface area (Å²) < 4.78 is 0. The number of benzene rings is 1. The highest BCUT2D eigenvalue weighted by atomic mass is 16.2. The molecule has 84 valence electrons. The van der Waals surface area contributed by atoms with Crippen molar-refractivity contribution in [1.82, 2.24) is 4.90 Å². The molecule has 0 aromatic heterocycles. The van der Waals surface area contributed by atoms with E-state index in [1.54, 1.807) is 0 Å². The molecule has 2 bridgehead atoms. The first-order chi connectivity index (χ1) is 7.72. The van der Waals surface area contributed by atoms with E-state index >= 15 is 0 Å². The summed E-state index contributed by atoms with van der Waals surface area (Å²) in [5.74, 6) is 1.43. The Kier molecular flexibility index (Phi) is 2.13. The van der Waals surface area contributed by atoms with E-state index in [1.165, 1.54) is 5.56 Å². The molecule has 3 aliphatic rings. The number of anilines is 1. The van der Waals surface area contributed by atoms with Crippen molar-refractivity contribution < 1.29 is 4.79 Å². The topological polar surface area (TPSA) is 46.3 Å². The zero-order valence-corrected chi connectivity index (χ0v) is 9.23. The molecule has 0 radical (unpaired) electrons. The molecule has 2 aliphatic heterocycles. The Balaban J connectivity index is 1.70. The molecular formula is C13H16N2O. The van der Waals surface area contributed by atoms with Gasteiger partial charge in [-0.25, -0.2) is 0 Å². The molecule has 0 atom stereocenters. The molecule has 1 amide bonds. The smallest absolute Gasteiger partial charge is 0.226 e. The van der Waals surface area contributed by atoms with E-state index < -0.39 is 0 Å². The molecule has 3 heteroatoms. The van der Waals surface area contributed by atoms with Gasteiger partial charge >= 0.3 is 0 Å². The second-order valence-electron chi connectivity index (χ2n) is 4.99. The lowest BCUT2D eigenvalue weighted by Crippen LogP contribution is -2.52. The molecule has 16 heavy (non-hydrogen) atoms. The van der Waals surface area contributed by atoms with Crippen molar-refractivity contribution in [3.05, 3.63) is 29.8 Å². The van der Waals surface area contributed by atoms with Crippen molar-refractivity contribution in [3.8, 4) is 0 Å². The van der Waals surface area contributed by atoms with Gasteiger partial charge in [0.15, 0.2) is 0 Å². The summed E-state index contributed by atoms with van der Waals surface area (Å²) >= 11 is 0. The van der Waals surface area contributed by atoms with Gasteiger partial charge in [0.1, 0.15) is 0 Å². The first kappa shape index (κ1) is 9.70. The van der Waals surface area contributed by atoms with E-state index in [0.717, 1.165) is 37.5 Å². The number of hydrogen-bond acceptors (Lipinski definition) is 2. The van der Waals surface area contributed by atoms with Gasteiger partial charge in [0, 0.05) is 24.7 Å². The molecule has 1 saturated carbocycles. The lowest BCUT2D eigenvalue weighted by Gasteiger charge is -2.46. The summed E-state index contributed by atoms with van der Waals surface area (Å²) in [5.41, 5.74) is 7.58. The van der Waals surface area contributed by atoms with E-state index in [2.05, 4.69) is 0 Å². The fourth-order valence-electron chi connectivity index (χ4n) is 2.73. The van der Waals surface area contributed by atoms with E-state index in [0.29, 0.717) is 11.8 Å². The predicted octanol–water partition coefficient (Wildman–Crippen LogP) is 1.64. The second kappa shape index (κ2) is 3.51. The lowest BCUT2D eigenvalue weighted by molar-refractivity contribution is -0.149. The fourth-order valence-corrected chi connectivity index (χ4v) is 2.73. The van der Waals surface area contributed by atoms with Gasteiger partial charge in [-0.2, -0.15) is 0 Å². The van der Waals surface area contributed by atoms with Gasteiger partial charge < -0.3 is 10.6 Å². The molecule has 1 aliphatic carbocycles. The minimum Gasteiger partial charge on any atom is -0.399 e. The van der Waals surface area contributed by atoms with Crippen LogP contribution in [0.3, 0.4) is 0 Å². The largest absolute Gasteiger partial charge is 0.399 e. The Bertz CT molecular complexity index is 406. The van der Waals surface area contributed by atoms with E-state index in [-0.39, 0.29) is 0 Å². The number of piperidine rings is 2. The van der Waals surface area contributed by atoms with Crippen LogP contribution in [0.15, 0.2) is 24.3 Å². The highest BCUT2D eigenvalue weighted by Gasteiger charge is 2.43.